The molecule has 0 spiro atoms. The van der Waals surface area contributed by atoms with Crippen molar-refractivity contribution in [3.05, 3.63) is 30.3 Å². The van der Waals surface area contributed by atoms with E-state index >= 15 is 0 Å². The third-order valence-corrected chi connectivity index (χ3v) is 3.50. The summed E-state index contributed by atoms with van der Waals surface area (Å²) in [4.78, 5) is 11.4. The molecule has 0 aliphatic rings. The fourth-order valence-electron chi connectivity index (χ4n) is 1.37. The van der Waals surface area contributed by atoms with Crippen molar-refractivity contribution >= 4 is 15.0 Å². The summed E-state index contributed by atoms with van der Waals surface area (Å²) in [6.45, 7) is 4.95. The van der Waals surface area contributed by atoms with Gasteiger partial charge in [0, 0.05) is 0 Å². The molecule has 0 aromatic heterocycles. The van der Waals surface area contributed by atoms with Crippen LogP contribution in [0.1, 0.15) is 33.1 Å². The molecule has 20 heavy (non-hydrogen) atoms. The van der Waals surface area contributed by atoms with E-state index in [0.29, 0.717) is 13.2 Å². The number of unbranched alkanes of at least 4 members (excludes halogenated alkanes) is 1. The molecule has 0 radical (unpaired) electrons. The molecule has 1 aromatic rings. The van der Waals surface area contributed by atoms with E-state index in [9.17, 15) is 4.79 Å². The van der Waals surface area contributed by atoms with E-state index in [1.807, 2.05) is 44.2 Å². The highest BCUT2D eigenvalue weighted by molar-refractivity contribution is 7.26. The van der Waals surface area contributed by atoms with E-state index in [-0.39, 0.29) is 20.9 Å². The second-order valence-corrected chi connectivity index (χ2v) is 5.19. The van der Waals surface area contributed by atoms with Gasteiger partial charge in [-0.1, -0.05) is 32.0 Å². The molecular weight excluding hydrogens is 275 g/mol. The fraction of sp³-hybridized carbons (Fsp3) is 0.533. The monoisotopic (exact) mass is 298 g/mol. The highest BCUT2D eigenvalue weighted by atomic mass is 31.1. The summed E-state index contributed by atoms with van der Waals surface area (Å²) >= 11 is 0. The predicted octanol–water partition coefficient (Wildman–Crippen LogP) is 3.96. The number of carbonyl (C=O) groups excluding carboxylic acids is 1. The van der Waals surface area contributed by atoms with Gasteiger partial charge in [0.25, 0.3) is 0 Å². The van der Waals surface area contributed by atoms with E-state index < -0.39 is 0 Å². The van der Waals surface area contributed by atoms with Crippen LogP contribution < -0.4 is 4.52 Å². The van der Waals surface area contributed by atoms with Gasteiger partial charge in [0.1, 0.15) is 5.75 Å². The average Bonchev–Trinajstić information content (AvgIpc) is 2.49. The fourth-order valence-corrected chi connectivity index (χ4v) is 1.88. The summed E-state index contributed by atoms with van der Waals surface area (Å²) in [5.41, 5.74) is 0. The van der Waals surface area contributed by atoms with Crippen LogP contribution in [-0.4, -0.2) is 19.2 Å². The summed E-state index contributed by atoms with van der Waals surface area (Å²) in [7, 11) is 0.00511. The lowest BCUT2D eigenvalue weighted by molar-refractivity contribution is -0.148. The minimum absolute atomic E-state index is 0.00511. The molecule has 0 aliphatic heterocycles. The van der Waals surface area contributed by atoms with Crippen LogP contribution in [0.15, 0.2) is 30.3 Å². The zero-order valence-corrected chi connectivity index (χ0v) is 13.1. The molecule has 0 saturated carbocycles. The smallest absolute Gasteiger partial charge is 0.308 e. The third-order valence-electron chi connectivity index (χ3n) is 2.86. The van der Waals surface area contributed by atoms with Gasteiger partial charge in [-0.15, -0.1) is 0 Å². The highest BCUT2D eigenvalue weighted by Crippen LogP contribution is 2.20. The molecular formula is C15H23O4P. The molecule has 0 bridgehead atoms. The normalized spacial score (nSPS) is 12.5. The van der Waals surface area contributed by atoms with Crippen molar-refractivity contribution in [1.82, 2.24) is 0 Å². The zero-order valence-electron chi connectivity index (χ0n) is 12.1. The first-order valence-corrected chi connectivity index (χ1v) is 7.81. The average molecular weight is 298 g/mol. The van der Waals surface area contributed by atoms with Gasteiger partial charge in [0.2, 0.25) is 9.03 Å². The molecule has 0 amide bonds. The summed E-state index contributed by atoms with van der Waals surface area (Å²) in [5.74, 6) is 0.697. The number of hydrogen-bond acceptors (Lipinski definition) is 4. The number of benzene rings is 1. The quantitative estimate of drug-likeness (QED) is 0.372. The third kappa shape index (κ3) is 7.46. The lowest BCUT2D eigenvalue weighted by Crippen LogP contribution is -2.14. The Morgan fingerprint density at radius 3 is 2.60 bits per heavy atom. The molecule has 0 heterocycles. The Balaban J connectivity index is 1.91. The Morgan fingerprint density at radius 2 is 1.90 bits per heavy atom. The van der Waals surface area contributed by atoms with E-state index in [0.717, 1.165) is 25.0 Å². The standard InChI is InChI=1S/C15H23O4P/c1-3-13(2)15(16)17-11-7-8-12-18-20-19-14-9-5-4-6-10-14/h4-6,9-10,13,20H,3,7-8,11-12H2,1-2H3. The zero-order chi connectivity index (χ0) is 14.6. The van der Waals surface area contributed by atoms with Crippen molar-refractivity contribution in [2.75, 3.05) is 13.2 Å². The van der Waals surface area contributed by atoms with Crippen molar-refractivity contribution in [3.63, 3.8) is 0 Å². The van der Waals surface area contributed by atoms with Crippen LogP contribution in [0.25, 0.3) is 0 Å². The molecule has 0 aliphatic carbocycles. The van der Waals surface area contributed by atoms with Gasteiger partial charge in [-0.25, -0.2) is 0 Å². The maximum atomic E-state index is 11.4. The van der Waals surface area contributed by atoms with Gasteiger partial charge in [-0.2, -0.15) is 0 Å². The van der Waals surface area contributed by atoms with Gasteiger partial charge in [-0.05, 0) is 31.4 Å². The van der Waals surface area contributed by atoms with Crippen LogP contribution in [0.3, 0.4) is 0 Å². The molecule has 1 aromatic carbocycles. The number of hydrogen-bond donors (Lipinski definition) is 0. The molecule has 1 rings (SSSR count). The maximum absolute atomic E-state index is 11.4. The van der Waals surface area contributed by atoms with Crippen LogP contribution in [0, 0.1) is 5.92 Å². The van der Waals surface area contributed by atoms with Crippen molar-refractivity contribution in [1.29, 1.82) is 0 Å². The molecule has 0 saturated heterocycles. The van der Waals surface area contributed by atoms with Crippen molar-refractivity contribution < 1.29 is 18.6 Å². The highest BCUT2D eigenvalue weighted by Gasteiger charge is 2.10. The number of rotatable bonds is 10. The molecule has 4 nitrogen and oxygen atoms in total. The SMILES string of the molecule is CCC(C)C(=O)OCCCCOPOc1ccccc1. The van der Waals surface area contributed by atoms with Crippen LogP contribution in [-0.2, 0) is 14.1 Å². The first kappa shape index (κ1) is 16.9. The second kappa shape index (κ2) is 10.6. The Morgan fingerprint density at radius 1 is 1.20 bits per heavy atom. The molecule has 0 N–H and O–H groups in total. The summed E-state index contributed by atoms with van der Waals surface area (Å²) in [5, 5.41) is 0. The Hall–Kier alpha value is -1.12. The summed E-state index contributed by atoms with van der Waals surface area (Å²) < 4.78 is 15.9. The van der Waals surface area contributed by atoms with E-state index in [2.05, 4.69) is 0 Å². The van der Waals surface area contributed by atoms with Gasteiger partial charge < -0.3 is 13.8 Å². The van der Waals surface area contributed by atoms with Crippen molar-refractivity contribution in [2.24, 2.45) is 5.92 Å². The topological polar surface area (TPSA) is 44.8 Å². The molecule has 0 fully saturated rings. The van der Waals surface area contributed by atoms with Crippen LogP contribution in [0.4, 0.5) is 0 Å². The number of carbonyl (C=O) groups is 1. The number of para-hydroxylation sites is 1. The lowest BCUT2D eigenvalue weighted by Gasteiger charge is -2.09. The first-order chi connectivity index (χ1) is 9.74. The number of esters is 1. The lowest BCUT2D eigenvalue weighted by atomic mass is 10.1. The summed E-state index contributed by atoms with van der Waals surface area (Å²) in [6.07, 6.45) is 2.50. The number of ether oxygens (including phenoxy) is 1. The Labute approximate surface area is 122 Å². The van der Waals surface area contributed by atoms with Crippen molar-refractivity contribution in [3.8, 4) is 5.75 Å². The second-order valence-electron chi connectivity index (χ2n) is 4.53. The van der Waals surface area contributed by atoms with E-state index in [1.54, 1.807) is 0 Å². The largest absolute Gasteiger partial charge is 0.465 e. The van der Waals surface area contributed by atoms with Gasteiger partial charge in [0.15, 0.2) is 0 Å². The minimum atomic E-state index is -0.109. The van der Waals surface area contributed by atoms with Gasteiger partial charge in [-0.3, -0.25) is 4.79 Å². The van der Waals surface area contributed by atoms with Crippen LogP contribution in [0.2, 0.25) is 0 Å². The van der Waals surface area contributed by atoms with Gasteiger partial charge >= 0.3 is 5.97 Å². The summed E-state index contributed by atoms with van der Waals surface area (Å²) in [6, 6.07) is 9.57. The van der Waals surface area contributed by atoms with Gasteiger partial charge in [0.05, 0.1) is 19.1 Å². The molecule has 112 valence electrons. The molecule has 2 atom stereocenters. The minimum Gasteiger partial charge on any atom is -0.465 e. The molecule has 2 unspecified atom stereocenters. The van der Waals surface area contributed by atoms with E-state index in [4.69, 9.17) is 13.8 Å². The molecule has 5 heteroatoms. The maximum Gasteiger partial charge on any atom is 0.308 e. The van der Waals surface area contributed by atoms with Crippen LogP contribution in [0.5, 0.6) is 5.75 Å². The Bertz CT molecular complexity index is 369. The van der Waals surface area contributed by atoms with Crippen molar-refractivity contribution in [2.45, 2.75) is 33.1 Å². The first-order valence-electron chi connectivity index (χ1n) is 6.99. The predicted molar refractivity (Wildman–Crippen MR) is 81.0 cm³/mol. The van der Waals surface area contributed by atoms with Crippen LogP contribution >= 0.6 is 9.03 Å². The van der Waals surface area contributed by atoms with E-state index in [1.165, 1.54) is 0 Å². The Kier molecular flexibility index (Phi) is 9.01.